The van der Waals surface area contributed by atoms with Crippen LogP contribution in [0, 0.1) is 0 Å². The zero-order chi connectivity index (χ0) is 29.9. The highest BCUT2D eigenvalue weighted by molar-refractivity contribution is 6.03. The minimum atomic E-state index is -0.460. The Bertz CT molecular complexity index is 2340. The van der Waals surface area contributed by atoms with Crippen molar-refractivity contribution in [2.24, 2.45) is 0 Å². The molecule has 3 aliphatic rings. The average molecular weight is 575 g/mol. The lowest BCUT2D eigenvalue weighted by molar-refractivity contribution is 0.436. The third kappa shape index (κ3) is 3.08. The van der Waals surface area contributed by atoms with Crippen LogP contribution in [0.1, 0.15) is 47.2 Å². The Kier molecular flexibility index (Phi) is 4.78. The SMILES string of the molecule is CC1(C)c2cc(-c3ccc4c(c3)C3(c5ccccc5O4)c4ccccc4-c4ccccc43)ccc2-c2c1ccc1ccccc21. The van der Waals surface area contributed by atoms with Crippen molar-refractivity contribution in [3.05, 3.63) is 179 Å². The number of hydrogen-bond acceptors (Lipinski definition) is 1. The molecule has 1 aliphatic heterocycles. The van der Waals surface area contributed by atoms with Crippen LogP contribution < -0.4 is 4.74 Å². The van der Waals surface area contributed by atoms with Crippen LogP contribution in [0.15, 0.2) is 146 Å². The first-order chi connectivity index (χ1) is 22.1. The van der Waals surface area contributed by atoms with Crippen molar-refractivity contribution < 1.29 is 4.74 Å². The maximum atomic E-state index is 6.68. The zero-order valence-corrected chi connectivity index (χ0v) is 25.3. The molecule has 1 spiro atoms. The molecular weight excluding hydrogens is 544 g/mol. The molecule has 0 radical (unpaired) electrons. The molecular formula is C44H30O. The van der Waals surface area contributed by atoms with Gasteiger partial charge in [-0.1, -0.05) is 135 Å². The topological polar surface area (TPSA) is 9.23 Å². The summed E-state index contributed by atoms with van der Waals surface area (Å²) < 4.78 is 6.68. The fraction of sp³-hybridized carbons (Fsp3) is 0.0909. The lowest BCUT2D eigenvalue weighted by Gasteiger charge is -2.39. The van der Waals surface area contributed by atoms with E-state index in [1.807, 2.05) is 0 Å². The predicted octanol–water partition coefficient (Wildman–Crippen LogP) is 11.3. The smallest absolute Gasteiger partial charge is 0.132 e. The minimum Gasteiger partial charge on any atom is -0.457 e. The number of benzene rings is 7. The summed E-state index contributed by atoms with van der Waals surface area (Å²) in [6.07, 6.45) is 0. The van der Waals surface area contributed by atoms with Crippen molar-refractivity contribution in [2.75, 3.05) is 0 Å². The Morgan fingerprint density at radius 3 is 1.80 bits per heavy atom. The highest BCUT2D eigenvalue weighted by Crippen LogP contribution is 2.62. The van der Waals surface area contributed by atoms with Gasteiger partial charge in [0.2, 0.25) is 0 Å². The minimum absolute atomic E-state index is 0.0917. The van der Waals surface area contributed by atoms with E-state index < -0.39 is 5.41 Å². The predicted molar refractivity (Wildman–Crippen MR) is 184 cm³/mol. The van der Waals surface area contributed by atoms with Gasteiger partial charge in [0.15, 0.2) is 0 Å². The quantitative estimate of drug-likeness (QED) is 0.189. The molecule has 0 aromatic heterocycles. The van der Waals surface area contributed by atoms with Gasteiger partial charge in [-0.05, 0) is 90.7 Å². The van der Waals surface area contributed by atoms with Crippen LogP contribution in [-0.4, -0.2) is 0 Å². The van der Waals surface area contributed by atoms with Gasteiger partial charge >= 0.3 is 0 Å². The lowest BCUT2D eigenvalue weighted by Crippen LogP contribution is -2.32. The molecule has 1 heterocycles. The molecule has 0 unspecified atom stereocenters. The van der Waals surface area contributed by atoms with Crippen LogP contribution >= 0.6 is 0 Å². The number of hydrogen-bond donors (Lipinski definition) is 0. The Morgan fingerprint density at radius 1 is 0.422 bits per heavy atom. The molecule has 2 aliphatic carbocycles. The van der Waals surface area contributed by atoms with E-state index in [0.29, 0.717) is 0 Å². The van der Waals surface area contributed by atoms with E-state index >= 15 is 0 Å². The molecule has 212 valence electrons. The van der Waals surface area contributed by atoms with Crippen LogP contribution in [-0.2, 0) is 10.8 Å². The first-order valence-electron chi connectivity index (χ1n) is 15.9. The van der Waals surface area contributed by atoms with Gasteiger partial charge in [-0.2, -0.15) is 0 Å². The van der Waals surface area contributed by atoms with Gasteiger partial charge in [0.1, 0.15) is 11.5 Å². The number of fused-ring (bicyclic) bond motifs is 14. The van der Waals surface area contributed by atoms with Crippen molar-refractivity contribution in [1.29, 1.82) is 0 Å². The van der Waals surface area contributed by atoms with Gasteiger partial charge < -0.3 is 4.74 Å². The maximum absolute atomic E-state index is 6.68. The lowest BCUT2D eigenvalue weighted by atomic mass is 9.65. The molecule has 1 nitrogen and oxygen atoms in total. The molecule has 45 heavy (non-hydrogen) atoms. The number of rotatable bonds is 1. The third-order valence-electron chi connectivity index (χ3n) is 10.7. The van der Waals surface area contributed by atoms with Gasteiger partial charge in [0.05, 0.1) is 5.41 Å². The van der Waals surface area contributed by atoms with Crippen molar-refractivity contribution in [3.8, 4) is 44.9 Å². The molecule has 7 aromatic rings. The van der Waals surface area contributed by atoms with Crippen molar-refractivity contribution >= 4 is 10.8 Å². The summed E-state index contributed by atoms with van der Waals surface area (Å²) in [5.41, 5.74) is 15.0. The van der Waals surface area contributed by atoms with Crippen LogP contribution in [0.5, 0.6) is 11.5 Å². The maximum Gasteiger partial charge on any atom is 0.132 e. The summed E-state index contributed by atoms with van der Waals surface area (Å²) in [5.74, 6) is 1.85. The second-order valence-electron chi connectivity index (χ2n) is 13.2. The van der Waals surface area contributed by atoms with Crippen molar-refractivity contribution in [2.45, 2.75) is 24.7 Å². The van der Waals surface area contributed by atoms with Gasteiger partial charge in [-0.3, -0.25) is 0 Å². The standard InChI is InChI=1S/C44H30O/c1-43(2)37-23-20-27-11-3-4-12-30(27)42(37)33-22-19-28(25-38(33)43)29-21-24-41-39(26-29)44(36-17-9-10-18-40(36)45-41)34-15-7-5-13-31(34)32-14-6-8-16-35(32)44/h3-26H,1-2H3. The van der Waals surface area contributed by atoms with E-state index in [9.17, 15) is 0 Å². The van der Waals surface area contributed by atoms with E-state index in [1.165, 1.54) is 77.5 Å². The first-order valence-corrected chi connectivity index (χ1v) is 15.9. The molecule has 1 heteroatoms. The van der Waals surface area contributed by atoms with Gasteiger partial charge in [-0.15, -0.1) is 0 Å². The average Bonchev–Trinajstić information content (AvgIpc) is 3.51. The molecule has 7 aromatic carbocycles. The first kappa shape index (κ1) is 25.0. The summed E-state index contributed by atoms with van der Waals surface area (Å²) in [6, 6.07) is 53.7. The van der Waals surface area contributed by atoms with Crippen molar-refractivity contribution in [3.63, 3.8) is 0 Å². The second-order valence-corrected chi connectivity index (χ2v) is 13.2. The molecule has 0 bridgehead atoms. The molecule has 0 saturated carbocycles. The largest absolute Gasteiger partial charge is 0.457 e. The molecule has 0 amide bonds. The normalized spacial score (nSPS) is 15.4. The zero-order valence-electron chi connectivity index (χ0n) is 25.3. The Morgan fingerprint density at radius 2 is 1.02 bits per heavy atom. The monoisotopic (exact) mass is 574 g/mol. The fourth-order valence-corrected chi connectivity index (χ4v) is 8.72. The number of para-hydroxylation sites is 1. The summed E-state index contributed by atoms with van der Waals surface area (Å²) in [5, 5.41) is 2.63. The van der Waals surface area contributed by atoms with E-state index in [2.05, 4.69) is 159 Å². The Labute approximate surface area is 263 Å². The molecule has 10 rings (SSSR count). The van der Waals surface area contributed by atoms with Crippen molar-refractivity contribution in [1.82, 2.24) is 0 Å². The van der Waals surface area contributed by atoms with E-state index in [-0.39, 0.29) is 5.41 Å². The second kappa shape index (κ2) is 8.61. The van der Waals surface area contributed by atoms with Crippen LogP contribution in [0.2, 0.25) is 0 Å². The highest BCUT2D eigenvalue weighted by Gasteiger charge is 2.51. The summed E-state index contributed by atoms with van der Waals surface area (Å²) in [6.45, 7) is 4.74. The highest BCUT2D eigenvalue weighted by atomic mass is 16.5. The molecule has 0 N–H and O–H groups in total. The van der Waals surface area contributed by atoms with Gasteiger partial charge in [-0.25, -0.2) is 0 Å². The fourth-order valence-electron chi connectivity index (χ4n) is 8.72. The van der Waals surface area contributed by atoms with Crippen LogP contribution in [0.3, 0.4) is 0 Å². The molecule has 0 fully saturated rings. The molecule has 0 atom stereocenters. The van der Waals surface area contributed by atoms with Gasteiger partial charge in [0.25, 0.3) is 0 Å². The summed E-state index contributed by atoms with van der Waals surface area (Å²) in [4.78, 5) is 0. The molecule has 0 saturated heterocycles. The van der Waals surface area contributed by atoms with Crippen LogP contribution in [0.25, 0.3) is 44.2 Å². The summed E-state index contributed by atoms with van der Waals surface area (Å²) in [7, 11) is 0. The third-order valence-corrected chi connectivity index (χ3v) is 10.7. The van der Waals surface area contributed by atoms with Crippen LogP contribution in [0.4, 0.5) is 0 Å². The Hall–Kier alpha value is -5.40. The Balaban J connectivity index is 1.22. The van der Waals surface area contributed by atoms with E-state index in [0.717, 1.165) is 11.5 Å². The summed E-state index contributed by atoms with van der Waals surface area (Å²) >= 11 is 0. The van der Waals surface area contributed by atoms with Gasteiger partial charge in [0, 0.05) is 16.5 Å². The van der Waals surface area contributed by atoms with E-state index in [4.69, 9.17) is 4.74 Å². The number of ether oxygens (including phenoxy) is 1. The van der Waals surface area contributed by atoms with E-state index in [1.54, 1.807) is 0 Å².